The number of anilines is 1. The van der Waals surface area contributed by atoms with Crippen molar-refractivity contribution in [3.05, 3.63) is 58.6 Å². The van der Waals surface area contributed by atoms with E-state index in [4.69, 9.17) is 21.1 Å². The Hall–Kier alpha value is -2.80. The third-order valence-electron chi connectivity index (χ3n) is 4.06. The van der Waals surface area contributed by atoms with Crippen molar-refractivity contribution in [2.45, 2.75) is 40.0 Å². The van der Waals surface area contributed by atoms with E-state index in [1.54, 1.807) is 4.68 Å². The third-order valence-corrected chi connectivity index (χ3v) is 4.31. The van der Waals surface area contributed by atoms with Crippen molar-refractivity contribution in [2.24, 2.45) is 0 Å². The zero-order valence-electron chi connectivity index (χ0n) is 16.1. The van der Waals surface area contributed by atoms with Crippen LogP contribution in [-0.4, -0.2) is 26.8 Å². The van der Waals surface area contributed by atoms with Crippen molar-refractivity contribution in [1.82, 2.24) is 20.2 Å². The molecule has 0 atom stereocenters. The summed E-state index contributed by atoms with van der Waals surface area (Å²) in [5.41, 5.74) is 1.99. The molecule has 7 nitrogen and oxygen atoms in total. The van der Waals surface area contributed by atoms with Crippen molar-refractivity contribution in [3.63, 3.8) is 0 Å². The Morgan fingerprint density at radius 1 is 1.07 bits per heavy atom. The SMILES string of the molecule is CCCn1nnnc1NCc1cccc(OCC)c1OCc1ccc(Cl)cc1. The van der Waals surface area contributed by atoms with Gasteiger partial charge in [-0.25, -0.2) is 4.68 Å². The molecule has 0 radical (unpaired) electrons. The van der Waals surface area contributed by atoms with Gasteiger partial charge in [-0.05, 0) is 47.5 Å². The van der Waals surface area contributed by atoms with E-state index in [0.717, 1.165) is 24.1 Å². The number of aromatic nitrogens is 4. The predicted octanol–water partition coefficient (Wildman–Crippen LogP) is 4.33. The van der Waals surface area contributed by atoms with Crippen molar-refractivity contribution in [1.29, 1.82) is 0 Å². The van der Waals surface area contributed by atoms with E-state index in [-0.39, 0.29) is 0 Å². The number of rotatable bonds is 10. The van der Waals surface area contributed by atoms with Crippen LogP contribution in [0.4, 0.5) is 5.95 Å². The van der Waals surface area contributed by atoms with Gasteiger partial charge in [0.1, 0.15) is 6.61 Å². The normalized spacial score (nSPS) is 10.7. The topological polar surface area (TPSA) is 74.1 Å². The lowest BCUT2D eigenvalue weighted by Crippen LogP contribution is -2.10. The Kier molecular flexibility index (Phi) is 7.08. The van der Waals surface area contributed by atoms with E-state index in [2.05, 4.69) is 27.8 Å². The highest BCUT2D eigenvalue weighted by Crippen LogP contribution is 2.32. The molecule has 8 heteroatoms. The molecule has 0 bridgehead atoms. The summed E-state index contributed by atoms with van der Waals surface area (Å²) in [6, 6.07) is 13.5. The lowest BCUT2D eigenvalue weighted by Gasteiger charge is -2.16. The Bertz CT molecular complexity index is 883. The number of tetrazole rings is 1. The van der Waals surface area contributed by atoms with Gasteiger partial charge in [-0.2, -0.15) is 0 Å². The van der Waals surface area contributed by atoms with Gasteiger partial charge < -0.3 is 14.8 Å². The molecule has 0 spiro atoms. The molecule has 1 N–H and O–H groups in total. The zero-order valence-corrected chi connectivity index (χ0v) is 16.8. The second-order valence-electron chi connectivity index (χ2n) is 6.17. The maximum Gasteiger partial charge on any atom is 0.243 e. The summed E-state index contributed by atoms with van der Waals surface area (Å²) in [6.07, 6.45) is 0.953. The molecule has 0 aliphatic rings. The number of nitrogens with zero attached hydrogens (tertiary/aromatic N) is 4. The van der Waals surface area contributed by atoms with E-state index in [9.17, 15) is 0 Å². The van der Waals surface area contributed by atoms with Crippen LogP contribution in [0, 0.1) is 0 Å². The summed E-state index contributed by atoms with van der Waals surface area (Å²) in [5.74, 6) is 2.05. The Balaban J connectivity index is 1.76. The third kappa shape index (κ3) is 5.13. The van der Waals surface area contributed by atoms with Gasteiger partial charge in [0, 0.05) is 23.7 Å². The number of halogens is 1. The van der Waals surface area contributed by atoms with Crippen LogP contribution in [0.1, 0.15) is 31.4 Å². The first kappa shape index (κ1) is 19.9. The molecule has 0 aliphatic heterocycles. The van der Waals surface area contributed by atoms with Crippen LogP contribution >= 0.6 is 11.6 Å². The molecule has 0 unspecified atom stereocenters. The van der Waals surface area contributed by atoms with E-state index in [0.29, 0.717) is 42.2 Å². The Labute approximate surface area is 169 Å². The lowest BCUT2D eigenvalue weighted by atomic mass is 10.1. The minimum atomic E-state index is 0.418. The largest absolute Gasteiger partial charge is 0.490 e. The van der Waals surface area contributed by atoms with Gasteiger partial charge in [-0.15, -0.1) is 0 Å². The van der Waals surface area contributed by atoms with Gasteiger partial charge in [0.25, 0.3) is 0 Å². The fourth-order valence-electron chi connectivity index (χ4n) is 2.74. The van der Waals surface area contributed by atoms with Gasteiger partial charge in [0.2, 0.25) is 5.95 Å². The monoisotopic (exact) mass is 401 g/mol. The molecule has 1 heterocycles. The highest BCUT2D eigenvalue weighted by molar-refractivity contribution is 6.30. The Morgan fingerprint density at radius 3 is 2.64 bits per heavy atom. The average Bonchev–Trinajstić information content (AvgIpc) is 3.14. The van der Waals surface area contributed by atoms with E-state index >= 15 is 0 Å². The number of ether oxygens (including phenoxy) is 2. The summed E-state index contributed by atoms with van der Waals surface area (Å²) in [4.78, 5) is 0. The highest BCUT2D eigenvalue weighted by Gasteiger charge is 2.13. The first-order valence-electron chi connectivity index (χ1n) is 9.33. The second kappa shape index (κ2) is 9.94. The number of nitrogens with one attached hydrogen (secondary N) is 1. The standard InChI is InChI=1S/C20H24ClN5O2/c1-3-12-26-20(23-24-25-26)22-13-16-6-5-7-18(27-4-2)19(16)28-14-15-8-10-17(21)11-9-15/h5-11H,3-4,12-14H2,1-2H3,(H,22,23,25). The molecular formula is C20H24ClN5O2. The fourth-order valence-corrected chi connectivity index (χ4v) is 2.86. The van der Waals surface area contributed by atoms with Gasteiger partial charge in [-0.1, -0.05) is 47.9 Å². The van der Waals surface area contributed by atoms with Crippen LogP contribution in [0.3, 0.4) is 0 Å². The summed E-state index contributed by atoms with van der Waals surface area (Å²) >= 11 is 5.96. The number of hydrogen-bond acceptors (Lipinski definition) is 6. The summed E-state index contributed by atoms with van der Waals surface area (Å²) in [7, 11) is 0. The molecule has 0 saturated carbocycles. The smallest absolute Gasteiger partial charge is 0.243 e. The molecule has 148 valence electrons. The number of para-hydroxylation sites is 1. The highest BCUT2D eigenvalue weighted by atomic mass is 35.5. The first-order chi connectivity index (χ1) is 13.7. The van der Waals surface area contributed by atoms with Crippen molar-refractivity contribution in [2.75, 3.05) is 11.9 Å². The number of hydrogen-bond donors (Lipinski definition) is 1. The quantitative estimate of drug-likeness (QED) is 0.545. The van der Waals surface area contributed by atoms with Crippen molar-refractivity contribution < 1.29 is 9.47 Å². The maximum absolute atomic E-state index is 6.13. The molecular weight excluding hydrogens is 378 g/mol. The number of aryl methyl sites for hydroxylation is 1. The van der Waals surface area contributed by atoms with E-state index in [1.165, 1.54) is 0 Å². The first-order valence-corrected chi connectivity index (χ1v) is 9.71. The minimum Gasteiger partial charge on any atom is -0.490 e. The van der Waals surface area contributed by atoms with E-state index < -0.39 is 0 Å². The van der Waals surface area contributed by atoms with Crippen LogP contribution in [0.2, 0.25) is 5.02 Å². The van der Waals surface area contributed by atoms with Crippen molar-refractivity contribution in [3.8, 4) is 11.5 Å². The van der Waals surface area contributed by atoms with Gasteiger partial charge in [0.05, 0.1) is 6.61 Å². The van der Waals surface area contributed by atoms with Gasteiger partial charge in [0.15, 0.2) is 11.5 Å². The van der Waals surface area contributed by atoms with Gasteiger partial charge >= 0.3 is 0 Å². The van der Waals surface area contributed by atoms with Crippen molar-refractivity contribution >= 4 is 17.5 Å². The molecule has 0 amide bonds. The van der Waals surface area contributed by atoms with Crippen LogP contribution in [0.25, 0.3) is 0 Å². The Morgan fingerprint density at radius 2 is 1.89 bits per heavy atom. The molecule has 1 aromatic heterocycles. The molecule has 0 aliphatic carbocycles. The van der Waals surface area contributed by atoms with Crippen LogP contribution < -0.4 is 14.8 Å². The molecule has 28 heavy (non-hydrogen) atoms. The van der Waals surface area contributed by atoms with E-state index in [1.807, 2.05) is 49.4 Å². The lowest BCUT2D eigenvalue weighted by molar-refractivity contribution is 0.267. The molecule has 0 fully saturated rings. The summed E-state index contributed by atoms with van der Waals surface area (Å²) in [5, 5.41) is 15.8. The van der Waals surface area contributed by atoms with Crippen LogP contribution in [0.15, 0.2) is 42.5 Å². The molecule has 2 aromatic carbocycles. The van der Waals surface area contributed by atoms with Crippen LogP contribution in [0.5, 0.6) is 11.5 Å². The molecule has 3 aromatic rings. The zero-order chi connectivity index (χ0) is 19.8. The maximum atomic E-state index is 6.13. The second-order valence-corrected chi connectivity index (χ2v) is 6.61. The predicted molar refractivity (Wildman–Crippen MR) is 109 cm³/mol. The fraction of sp³-hybridized carbons (Fsp3) is 0.350. The molecule has 0 saturated heterocycles. The number of benzene rings is 2. The van der Waals surface area contributed by atoms with Crippen LogP contribution in [-0.2, 0) is 19.7 Å². The average molecular weight is 402 g/mol. The molecule has 3 rings (SSSR count). The summed E-state index contributed by atoms with van der Waals surface area (Å²) < 4.78 is 13.6. The minimum absolute atomic E-state index is 0.418. The van der Waals surface area contributed by atoms with Gasteiger partial charge in [-0.3, -0.25) is 0 Å². The summed E-state index contributed by atoms with van der Waals surface area (Å²) in [6.45, 7) is 6.28.